The van der Waals surface area contributed by atoms with Crippen LogP contribution in [-0.4, -0.2) is 57.1 Å². The molecule has 0 saturated carbocycles. The minimum absolute atomic E-state index is 0.326. The third-order valence-corrected chi connectivity index (χ3v) is 7.96. The Morgan fingerprint density at radius 3 is 1.13 bits per heavy atom. The molecular weight excluding hydrogens is 405 g/mol. The SMILES string of the molecule is CC1(C)OB(c2c[te]cc2B2OC(C)(C)C(C)(C)O2)OC1(C)C. The van der Waals surface area contributed by atoms with E-state index in [-0.39, 0.29) is 57.1 Å². The van der Waals surface area contributed by atoms with Crippen molar-refractivity contribution in [3.63, 3.8) is 0 Å². The summed E-state index contributed by atoms with van der Waals surface area (Å²) in [4.78, 5) is 0. The van der Waals surface area contributed by atoms with E-state index in [9.17, 15) is 0 Å². The zero-order chi connectivity index (χ0) is 17.3. The Kier molecular flexibility index (Phi) is 4.21. The number of hydrogen-bond acceptors (Lipinski definition) is 4. The van der Waals surface area contributed by atoms with Crippen LogP contribution >= 0.6 is 0 Å². The fourth-order valence-corrected chi connectivity index (χ4v) is 5.08. The second-order valence-corrected chi connectivity index (χ2v) is 10.6. The summed E-state index contributed by atoms with van der Waals surface area (Å²) in [6.07, 6.45) is 0. The van der Waals surface area contributed by atoms with Gasteiger partial charge in [0.2, 0.25) is 0 Å². The molecule has 2 fully saturated rings. The predicted molar refractivity (Wildman–Crippen MR) is 94.8 cm³/mol. The number of hydrogen-bond donors (Lipinski definition) is 0. The fourth-order valence-electron chi connectivity index (χ4n) is 2.64. The predicted octanol–water partition coefficient (Wildman–Crippen LogP) is 1.34. The average Bonchev–Trinajstić information content (AvgIpc) is 2.96. The van der Waals surface area contributed by atoms with E-state index in [0.717, 1.165) is 10.9 Å². The van der Waals surface area contributed by atoms with Crippen LogP contribution in [0, 0.1) is 0 Å². The molecular formula is C16H26B2O4Te. The Balaban J connectivity index is 1.88. The third-order valence-electron chi connectivity index (χ3n) is 5.74. The van der Waals surface area contributed by atoms with Crippen LogP contribution in [0.3, 0.4) is 0 Å². The van der Waals surface area contributed by atoms with Crippen molar-refractivity contribution in [3.8, 4) is 0 Å². The molecule has 7 heteroatoms. The van der Waals surface area contributed by atoms with Crippen LogP contribution < -0.4 is 10.9 Å². The summed E-state index contributed by atoms with van der Waals surface area (Å²) in [5.74, 6) is 0. The van der Waals surface area contributed by atoms with Crippen LogP contribution in [0.4, 0.5) is 0 Å². The molecule has 0 aromatic carbocycles. The van der Waals surface area contributed by atoms with E-state index in [0.29, 0.717) is 0 Å². The first kappa shape index (κ1) is 18.0. The normalized spacial score (nSPS) is 27.7. The molecule has 0 unspecified atom stereocenters. The van der Waals surface area contributed by atoms with Gasteiger partial charge in [0, 0.05) is 0 Å². The van der Waals surface area contributed by atoms with Gasteiger partial charge in [0.1, 0.15) is 0 Å². The molecule has 1 aromatic rings. The Morgan fingerprint density at radius 2 is 0.870 bits per heavy atom. The van der Waals surface area contributed by atoms with E-state index in [4.69, 9.17) is 18.6 Å². The first-order valence-corrected chi connectivity index (χ1v) is 10.8. The Hall–Kier alpha value is 0.239. The van der Waals surface area contributed by atoms with Crippen LogP contribution in [-0.2, 0) is 18.6 Å². The van der Waals surface area contributed by atoms with E-state index in [1.165, 1.54) is 0 Å². The third kappa shape index (κ3) is 2.88. The molecule has 2 aliphatic rings. The Labute approximate surface area is 150 Å². The zero-order valence-corrected chi connectivity index (χ0v) is 17.7. The molecule has 3 rings (SSSR count). The second-order valence-electron chi connectivity index (χ2n) is 8.46. The molecule has 23 heavy (non-hydrogen) atoms. The summed E-state index contributed by atoms with van der Waals surface area (Å²) in [7, 11) is -0.671. The first-order chi connectivity index (χ1) is 10.4. The van der Waals surface area contributed by atoms with Crippen molar-refractivity contribution in [2.45, 2.75) is 77.8 Å². The van der Waals surface area contributed by atoms with Gasteiger partial charge in [-0.25, -0.2) is 0 Å². The van der Waals surface area contributed by atoms with E-state index in [1.807, 2.05) is 0 Å². The molecule has 0 spiro atoms. The van der Waals surface area contributed by atoms with Gasteiger partial charge in [0.05, 0.1) is 0 Å². The first-order valence-electron chi connectivity index (χ1n) is 8.14. The van der Waals surface area contributed by atoms with Crippen molar-refractivity contribution in [2.75, 3.05) is 0 Å². The Bertz CT molecular complexity index is 526. The molecule has 2 saturated heterocycles. The summed E-state index contributed by atoms with van der Waals surface area (Å²) in [6, 6.07) is 0. The van der Waals surface area contributed by atoms with Crippen molar-refractivity contribution in [2.24, 2.45) is 0 Å². The molecule has 4 nitrogen and oxygen atoms in total. The van der Waals surface area contributed by atoms with Crippen molar-refractivity contribution in [3.05, 3.63) is 8.16 Å². The molecule has 126 valence electrons. The molecule has 1 aromatic heterocycles. The minimum atomic E-state index is -0.335. The van der Waals surface area contributed by atoms with Gasteiger partial charge in [-0.05, 0) is 0 Å². The quantitative estimate of drug-likeness (QED) is 0.663. The summed E-state index contributed by atoms with van der Waals surface area (Å²) in [5.41, 5.74) is 0.880. The van der Waals surface area contributed by atoms with Crippen molar-refractivity contribution >= 4 is 45.6 Å². The van der Waals surface area contributed by atoms with Crippen LogP contribution in [0.15, 0.2) is 8.16 Å². The standard InChI is InChI=1S/C16H26B2O4Te/c1-13(2)14(3,4)20-17(19-13)11-9-23-10-12(11)18-21-15(5,6)16(7,8)22-18/h9-10H,1-8H3. The van der Waals surface area contributed by atoms with Crippen LogP contribution in [0.5, 0.6) is 0 Å². The van der Waals surface area contributed by atoms with Gasteiger partial charge in [-0.2, -0.15) is 0 Å². The summed E-state index contributed by atoms with van der Waals surface area (Å²) < 4.78 is 29.5. The van der Waals surface area contributed by atoms with Crippen LogP contribution in [0.2, 0.25) is 0 Å². The maximum atomic E-state index is 6.22. The maximum absolute atomic E-state index is 6.22. The van der Waals surface area contributed by atoms with Crippen LogP contribution in [0.25, 0.3) is 0 Å². The molecule has 0 atom stereocenters. The topological polar surface area (TPSA) is 36.9 Å². The molecule has 0 N–H and O–H groups in total. The van der Waals surface area contributed by atoms with E-state index < -0.39 is 0 Å². The summed E-state index contributed by atoms with van der Waals surface area (Å²) in [5, 5.41) is 0. The summed E-state index contributed by atoms with van der Waals surface area (Å²) in [6.45, 7) is 16.6. The number of rotatable bonds is 2. The second kappa shape index (κ2) is 5.37. The van der Waals surface area contributed by atoms with Gasteiger partial charge in [0.25, 0.3) is 0 Å². The molecule has 2 aliphatic heterocycles. The van der Waals surface area contributed by atoms with Crippen molar-refractivity contribution in [1.29, 1.82) is 0 Å². The molecule has 0 radical (unpaired) electrons. The van der Waals surface area contributed by atoms with Gasteiger partial charge < -0.3 is 0 Å². The average molecular weight is 432 g/mol. The van der Waals surface area contributed by atoms with E-state index in [1.54, 1.807) is 0 Å². The fraction of sp³-hybridized carbons (Fsp3) is 0.750. The molecule has 0 amide bonds. The molecule has 0 aliphatic carbocycles. The van der Waals surface area contributed by atoms with Crippen molar-refractivity contribution < 1.29 is 18.6 Å². The summed E-state index contributed by atoms with van der Waals surface area (Å²) >= 11 is -0.326. The van der Waals surface area contributed by atoms with Crippen molar-refractivity contribution in [1.82, 2.24) is 0 Å². The monoisotopic (exact) mass is 434 g/mol. The van der Waals surface area contributed by atoms with Gasteiger partial charge in [-0.1, -0.05) is 0 Å². The van der Waals surface area contributed by atoms with Gasteiger partial charge in [0.15, 0.2) is 0 Å². The zero-order valence-electron chi connectivity index (χ0n) is 15.4. The Morgan fingerprint density at radius 1 is 0.609 bits per heavy atom. The van der Waals surface area contributed by atoms with Gasteiger partial charge in [-0.15, -0.1) is 0 Å². The molecule has 3 heterocycles. The van der Waals surface area contributed by atoms with E-state index >= 15 is 0 Å². The van der Waals surface area contributed by atoms with Gasteiger partial charge >= 0.3 is 150 Å². The van der Waals surface area contributed by atoms with Crippen LogP contribution in [0.1, 0.15) is 55.4 Å². The van der Waals surface area contributed by atoms with Gasteiger partial charge in [-0.3, -0.25) is 0 Å². The molecule has 0 bridgehead atoms. The van der Waals surface area contributed by atoms with E-state index in [2.05, 4.69) is 63.6 Å².